The summed E-state index contributed by atoms with van der Waals surface area (Å²) in [6.45, 7) is 7.69. The van der Waals surface area contributed by atoms with Gasteiger partial charge in [-0.15, -0.1) is 11.6 Å². The normalized spacial score (nSPS) is 12.5. The van der Waals surface area contributed by atoms with Crippen LogP contribution in [0.1, 0.15) is 30.9 Å². The summed E-state index contributed by atoms with van der Waals surface area (Å²) < 4.78 is 0. The second-order valence-electron chi connectivity index (χ2n) is 5.08. The molecule has 0 saturated heterocycles. The monoisotopic (exact) mass is 253 g/mol. The van der Waals surface area contributed by atoms with Crippen molar-refractivity contribution in [3.8, 4) is 0 Å². The molecule has 1 atom stereocenters. The molecule has 2 heteroatoms. The lowest BCUT2D eigenvalue weighted by molar-refractivity contribution is 0.520. The Bertz CT molecular complexity index is 349. The molecule has 0 N–H and O–H groups in total. The Balaban J connectivity index is 2.54. The summed E-state index contributed by atoms with van der Waals surface area (Å²) in [7, 11) is 2.17. The van der Waals surface area contributed by atoms with Gasteiger partial charge in [-0.25, -0.2) is 0 Å². The fourth-order valence-electron chi connectivity index (χ4n) is 2.10. The van der Waals surface area contributed by atoms with Crippen LogP contribution in [0.2, 0.25) is 0 Å². The van der Waals surface area contributed by atoms with E-state index in [0.717, 1.165) is 18.8 Å². The Morgan fingerprint density at radius 3 is 2.53 bits per heavy atom. The Kier molecular flexibility index (Phi) is 5.84. The molecule has 0 bridgehead atoms. The van der Waals surface area contributed by atoms with Gasteiger partial charge in [-0.3, -0.25) is 0 Å². The summed E-state index contributed by atoms with van der Waals surface area (Å²) in [4.78, 5) is 2.35. The molecular weight excluding hydrogens is 230 g/mol. The average molecular weight is 254 g/mol. The molecule has 0 aliphatic carbocycles. The molecule has 0 saturated carbocycles. The first-order valence-electron chi connectivity index (χ1n) is 6.39. The van der Waals surface area contributed by atoms with Crippen LogP contribution in [-0.2, 0) is 0 Å². The molecule has 1 unspecified atom stereocenters. The van der Waals surface area contributed by atoms with Gasteiger partial charge in [-0.05, 0) is 44.2 Å². The van der Waals surface area contributed by atoms with Crippen molar-refractivity contribution in [2.45, 2.75) is 33.6 Å². The number of aryl methyl sites for hydroxylation is 2. The second-order valence-corrected chi connectivity index (χ2v) is 5.46. The molecule has 0 heterocycles. The van der Waals surface area contributed by atoms with Gasteiger partial charge in [-0.2, -0.15) is 0 Å². The highest BCUT2D eigenvalue weighted by atomic mass is 35.5. The van der Waals surface area contributed by atoms with Crippen LogP contribution >= 0.6 is 11.6 Å². The minimum absolute atomic E-state index is 0.709. The van der Waals surface area contributed by atoms with Gasteiger partial charge in [0.1, 0.15) is 0 Å². The van der Waals surface area contributed by atoms with Gasteiger partial charge in [0, 0.05) is 25.2 Å². The standard InChI is InChI=1S/C15H24ClN/c1-12(7-9-16)8-10-17(4)15-6-5-13(2)11-14(15)3/h5-6,11-12H,7-10H2,1-4H3. The molecule has 1 nitrogen and oxygen atoms in total. The van der Waals surface area contributed by atoms with Crippen molar-refractivity contribution in [2.75, 3.05) is 24.4 Å². The van der Waals surface area contributed by atoms with Crippen LogP contribution in [0, 0.1) is 19.8 Å². The zero-order chi connectivity index (χ0) is 12.8. The zero-order valence-electron chi connectivity index (χ0n) is 11.5. The SMILES string of the molecule is Cc1ccc(N(C)CCC(C)CCCl)c(C)c1. The lowest BCUT2D eigenvalue weighted by atomic mass is 10.0. The predicted octanol–water partition coefficient (Wildman–Crippen LogP) is 4.39. The van der Waals surface area contributed by atoms with Gasteiger partial charge < -0.3 is 4.90 Å². The van der Waals surface area contributed by atoms with Crippen molar-refractivity contribution < 1.29 is 0 Å². The van der Waals surface area contributed by atoms with Crippen molar-refractivity contribution >= 4 is 17.3 Å². The zero-order valence-corrected chi connectivity index (χ0v) is 12.2. The molecule has 1 aromatic rings. The third kappa shape index (κ3) is 4.59. The van der Waals surface area contributed by atoms with Crippen molar-refractivity contribution in [1.82, 2.24) is 0 Å². The Morgan fingerprint density at radius 1 is 1.24 bits per heavy atom. The number of nitrogens with zero attached hydrogens (tertiary/aromatic N) is 1. The summed E-state index contributed by atoms with van der Waals surface area (Å²) in [5.74, 6) is 1.48. The van der Waals surface area contributed by atoms with Gasteiger partial charge >= 0.3 is 0 Å². The minimum Gasteiger partial charge on any atom is -0.374 e. The Morgan fingerprint density at radius 2 is 1.94 bits per heavy atom. The summed E-state index contributed by atoms with van der Waals surface area (Å²) in [6.07, 6.45) is 2.32. The topological polar surface area (TPSA) is 3.24 Å². The molecule has 0 aliphatic heterocycles. The first-order valence-corrected chi connectivity index (χ1v) is 6.92. The van der Waals surface area contributed by atoms with E-state index in [1.54, 1.807) is 0 Å². The molecule has 0 aromatic heterocycles. The van der Waals surface area contributed by atoms with Crippen LogP contribution in [-0.4, -0.2) is 19.5 Å². The van der Waals surface area contributed by atoms with Crippen LogP contribution < -0.4 is 4.90 Å². The molecular formula is C15H24ClN. The van der Waals surface area contributed by atoms with E-state index in [2.05, 4.69) is 50.9 Å². The molecule has 17 heavy (non-hydrogen) atoms. The molecule has 0 aliphatic rings. The maximum atomic E-state index is 5.76. The fraction of sp³-hybridized carbons (Fsp3) is 0.600. The number of rotatable bonds is 6. The van der Waals surface area contributed by atoms with Crippen molar-refractivity contribution in [2.24, 2.45) is 5.92 Å². The van der Waals surface area contributed by atoms with Crippen LogP contribution in [0.25, 0.3) is 0 Å². The quantitative estimate of drug-likeness (QED) is 0.680. The lowest BCUT2D eigenvalue weighted by Crippen LogP contribution is -2.21. The van der Waals surface area contributed by atoms with E-state index < -0.39 is 0 Å². The minimum atomic E-state index is 0.709. The summed E-state index contributed by atoms with van der Waals surface area (Å²) in [5.41, 5.74) is 4.03. The van der Waals surface area contributed by atoms with E-state index in [4.69, 9.17) is 11.6 Å². The van der Waals surface area contributed by atoms with Gasteiger partial charge in [0.15, 0.2) is 0 Å². The van der Waals surface area contributed by atoms with Crippen molar-refractivity contribution in [1.29, 1.82) is 0 Å². The highest BCUT2D eigenvalue weighted by Crippen LogP contribution is 2.21. The molecule has 0 amide bonds. The second kappa shape index (κ2) is 6.90. The van der Waals surface area contributed by atoms with Gasteiger partial charge in [0.25, 0.3) is 0 Å². The Hall–Kier alpha value is -0.690. The summed E-state index contributed by atoms with van der Waals surface area (Å²) in [6, 6.07) is 6.64. The number of anilines is 1. The molecule has 1 rings (SSSR count). The van der Waals surface area contributed by atoms with Crippen LogP contribution in [0.4, 0.5) is 5.69 Å². The smallest absolute Gasteiger partial charge is 0.0393 e. The third-order valence-corrected chi connectivity index (χ3v) is 3.54. The van der Waals surface area contributed by atoms with E-state index in [0.29, 0.717) is 5.92 Å². The Labute approximate surface area is 111 Å². The molecule has 0 spiro atoms. The number of benzene rings is 1. The molecule has 1 aromatic carbocycles. The van der Waals surface area contributed by atoms with Crippen molar-refractivity contribution in [3.63, 3.8) is 0 Å². The largest absolute Gasteiger partial charge is 0.374 e. The number of alkyl halides is 1. The number of halogens is 1. The summed E-state index contributed by atoms with van der Waals surface area (Å²) >= 11 is 5.76. The van der Waals surface area contributed by atoms with E-state index in [9.17, 15) is 0 Å². The average Bonchev–Trinajstić information content (AvgIpc) is 2.26. The van der Waals surface area contributed by atoms with Crippen molar-refractivity contribution in [3.05, 3.63) is 29.3 Å². The van der Waals surface area contributed by atoms with Gasteiger partial charge in [0.05, 0.1) is 0 Å². The fourth-order valence-corrected chi connectivity index (χ4v) is 2.47. The first-order chi connectivity index (χ1) is 8.04. The number of hydrogen-bond acceptors (Lipinski definition) is 1. The van der Waals surface area contributed by atoms with E-state index >= 15 is 0 Å². The molecule has 0 radical (unpaired) electrons. The van der Waals surface area contributed by atoms with Crippen LogP contribution in [0.3, 0.4) is 0 Å². The molecule has 96 valence electrons. The van der Waals surface area contributed by atoms with Crippen LogP contribution in [0.15, 0.2) is 18.2 Å². The van der Waals surface area contributed by atoms with E-state index in [1.807, 2.05) is 0 Å². The third-order valence-electron chi connectivity index (χ3n) is 3.32. The van der Waals surface area contributed by atoms with E-state index in [1.165, 1.54) is 23.2 Å². The maximum absolute atomic E-state index is 5.76. The number of hydrogen-bond donors (Lipinski definition) is 0. The summed E-state index contributed by atoms with van der Waals surface area (Å²) in [5, 5.41) is 0. The van der Waals surface area contributed by atoms with Gasteiger partial charge in [0.2, 0.25) is 0 Å². The lowest BCUT2D eigenvalue weighted by Gasteiger charge is -2.23. The first kappa shape index (κ1) is 14.4. The highest BCUT2D eigenvalue weighted by molar-refractivity contribution is 6.17. The van der Waals surface area contributed by atoms with Crippen LogP contribution in [0.5, 0.6) is 0 Å². The highest BCUT2D eigenvalue weighted by Gasteiger charge is 2.07. The maximum Gasteiger partial charge on any atom is 0.0393 e. The van der Waals surface area contributed by atoms with E-state index in [-0.39, 0.29) is 0 Å². The predicted molar refractivity (Wildman–Crippen MR) is 78.3 cm³/mol. The molecule has 0 fully saturated rings. The van der Waals surface area contributed by atoms with Gasteiger partial charge in [-0.1, -0.05) is 24.6 Å².